The van der Waals surface area contributed by atoms with Crippen LogP contribution in [0.15, 0.2) is 65.8 Å². The summed E-state index contributed by atoms with van der Waals surface area (Å²) in [5, 5.41) is 17.8. The Kier molecular flexibility index (Phi) is 6.96. The van der Waals surface area contributed by atoms with Crippen molar-refractivity contribution in [3.05, 3.63) is 92.9 Å². The van der Waals surface area contributed by atoms with Gasteiger partial charge in [0.2, 0.25) is 0 Å². The Morgan fingerprint density at radius 1 is 1.23 bits per heavy atom. The van der Waals surface area contributed by atoms with Crippen LogP contribution in [0.3, 0.4) is 0 Å². The van der Waals surface area contributed by atoms with Crippen molar-refractivity contribution in [1.29, 1.82) is 0 Å². The highest BCUT2D eigenvalue weighted by Gasteiger charge is 2.39. The molecule has 3 aromatic rings. The third-order valence-electron chi connectivity index (χ3n) is 4.34. The molecule has 0 spiro atoms. The third kappa shape index (κ3) is 5.52. The maximum absolute atomic E-state index is 14.3. The number of halogens is 3. The van der Waals surface area contributed by atoms with Crippen LogP contribution >= 0.6 is 11.6 Å². The number of aromatic nitrogens is 3. The van der Waals surface area contributed by atoms with Crippen LogP contribution < -0.4 is 20.9 Å². The summed E-state index contributed by atoms with van der Waals surface area (Å²) in [6.07, 6.45) is 3.83. The number of anilines is 1. The van der Waals surface area contributed by atoms with E-state index in [9.17, 15) is 18.8 Å². The van der Waals surface area contributed by atoms with Crippen molar-refractivity contribution >= 4 is 17.4 Å². The van der Waals surface area contributed by atoms with Crippen LogP contribution in [-0.4, -0.2) is 22.6 Å². The first-order valence-electron chi connectivity index (χ1n) is 9.18. The van der Waals surface area contributed by atoms with Gasteiger partial charge in [-0.25, -0.2) is 4.98 Å². The molecule has 0 unspecified atom stereocenters. The Morgan fingerprint density at radius 3 is 2.83 bits per heavy atom. The summed E-state index contributed by atoms with van der Waals surface area (Å²) in [5.41, 5.74) is -0.231. The third-order valence-corrected chi connectivity index (χ3v) is 4.57. The fourth-order valence-electron chi connectivity index (χ4n) is 2.82. The summed E-state index contributed by atoms with van der Waals surface area (Å²) in [5.74, 6) is -3.68. The van der Waals surface area contributed by atoms with Gasteiger partial charge in [-0.2, -0.15) is 13.5 Å². The average molecular weight is 436 g/mol. The number of nitrogens with one attached hydrogen (secondary N) is 2. The van der Waals surface area contributed by atoms with Gasteiger partial charge < -0.3 is 20.4 Å². The Balaban J connectivity index is 1.58. The van der Waals surface area contributed by atoms with Gasteiger partial charge >= 0.3 is 5.92 Å². The smallest absolute Gasteiger partial charge is 0.347 e. The Morgan fingerprint density at radius 2 is 2.07 bits per heavy atom. The predicted molar refractivity (Wildman–Crippen MR) is 109 cm³/mol. The molecule has 0 saturated heterocycles. The molecular formula is C20H20ClF2N5O2. The van der Waals surface area contributed by atoms with Crippen LogP contribution in [-0.2, 0) is 19.0 Å². The van der Waals surface area contributed by atoms with Gasteiger partial charge in [0.25, 0.3) is 11.3 Å². The molecule has 0 aliphatic heterocycles. The second-order valence-corrected chi connectivity index (χ2v) is 6.99. The highest BCUT2D eigenvalue weighted by Crippen LogP contribution is 2.24. The van der Waals surface area contributed by atoms with Crippen molar-refractivity contribution in [2.45, 2.75) is 19.0 Å². The lowest BCUT2D eigenvalue weighted by molar-refractivity contribution is -0.624. The maximum Gasteiger partial charge on any atom is 0.347 e. The van der Waals surface area contributed by atoms with Crippen molar-refractivity contribution in [1.82, 2.24) is 14.9 Å². The Bertz CT molecular complexity index is 1060. The molecule has 7 nitrogen and oxygen atoms in total. The molecule has 10 heteroatoms. The van der Waals surface area contributed by atoms with E-state index < -0.39 is 23.7 Å². The average Bonchev–Trinajstić information content (AvgIpc) is 2.71. The molecule has 158 valence electrons. The van der Waals surface area contributed by atoms with Gasteiger partial charge in [0, 0.05) is 49.2 Å². The second-order valence-electron chi connectivity index (χ2n) is 6.55. The van der Waals surface area contributed by atoms with Crippen molar-refractivity contribution in [3.8, 4) is 0 Å². The van der Waals surface area contributed by atoms with Crippen molar-refractivity contribution in [2.24, 2.45) is 0 Å². The fraction of sp³-hybridized carbons (Fsp3) is 0.250. The van der Waals surface area contributed by atoms with E-state index >= 15 is 0 Å². The molecule has 0 radical (unpaired) electrons. The van der Waals surface area contributed by atoms with Crippen molar-refractivity contribution < 1.29 is 13.5 Å². The molecule has 0 aliphatic rings. The number of pyridine rings is 1. The zero-order valence-corrected chi connectivity index (χ0v) is 16.6. The molecule has 30 heavy (non-hydrogen) atoms. The van der Waals surface area contributed by atoms with Crippen LogP contribution in [0.2, 0.25) is 5.02 Å². The lowest BCUT2D eigenvalue weighted by Crippen LogP contribution is -2.41. The molecule has 0 amide bonds. The van der Waals surface area contributed by atoms with E-state index in [0.29, 0.717) is 24.7 Å². The summed E-state index contributed by atoms with van der Waals surface area (Å²) in [6, 6.07) is 11.2. The highest BCUT2D eigenvalue weighted by molar-refractivity contribution is 6.30. The summed E-state index contributed by atoms with van der Waals surface area (Å²) in [4.78, 5) is 16.3. The molecule has 0 atom stereocenters. The molecule has 2 N–H and O–H groups in total. The van der Waals surface area contributed by atoms with E-state index in [2.05, 4.69) is 15.6 Å². The van der Waals surface area contributed by atoms with Gasteiger partial charge in [-0.15, -0.1) is 0 Å². The van der Waals surface area contributed by atoms with Gasteiger partial charge in [0.15, 0.2) is 12.0 Å². The van der Waals surface area contributed by atoms with E-state index in [4.69, 9.17) is 11.6 Å². The molecule has 1 aromatic carbocycles. The largest absolute Gasteiger partial charge is 0.618 e. The fourth-order valence-corrected chi connectivity index (χ4v) is 3.03. The van der Waals surface area contributed by atoms with Gasteiger partial charge in [-0.05, 0) is 23.8 Å². The Hall–Kier alpha value is -3.04. The molecule has 2 aromatic heterocycles. The monoisotopic (exact) mass is 435 g/mol. The highest BCUT2D eigenvalue weighted by atomic mass is 35.5. The van der Waals surface area contributed by atoms with Gasteiger partial charge in [0.05, 0.1) is 6.54 Å². The van der Waals surface area contributed by atoms with E-state index in [-0.39, 0.29) is 10.5 Å². The van der Waals surface area contributed by atoms with Crippen molar-refractivity contribution in [2.75, 3.05) is 18.4 Å². The van der Waals surface area contributed by atoms with Crippen LogP contribution in [0, 0.1) is 5.21 Å². The Labute approximate surface area is 176 Å². The van der Waals surface area contributed by atoms with E-state index in [0.717, 1.165) is 17.8 Å². The lowest BCUT2D eigenvalue weighted by atomic mass is 10.2. The quantitative estimate of drug-likeness (QED) is 0.306. The molecule has 0 aliphatic carbocycles. The number of benzene rings is 1. The first-order valence-corrected chi connectivity index (χ1v) is 9.55. The van der Waals surface area contributed by atoms with Crippen LogP contribution in [0.5, 0.6) is 0 Å². The molecule has 0 saturated carbocycles. The summed E-state index contributed by atoms with van der Waals surface area (Å²) in [7, 11) is 0. The molecular weight excluding hydrogens is 416 g/mol. The molecule has 2 heterocycles. The summed E-state index contributed by atoms with van der Waals surface area (Å²) in [6.45, 7) is 0.445. The number of nitrogens with zero attached hydrogens (tertiary/aromatic N) is 3. The van der Waals surface area contributed by atoms with E-state index in [1.165, 1.54) is 29.1 Å². The lowest BCUT2D eigenvalue weighted by Gasteiger charge is -2.16. The normalized spacial score (nSPS) is 11.4. The first kappa shape index (κ1) is 21.7. The number of hydrogen-bond donors (Lipinski definition) is 2. The van der Waals surface area contributed by atoms with Crippen LogP contribution in [0.1, 0.15) is 11.3 Å². The SMILES string of the molecule is O=c1c(NCC(F)(F)c2cccc[n+]2[O-])nccn1CCNCc1cccc(Cl)c1. The minimum atomic E-state index is -3.48. The standard InChI is InChI=1S/C20H20ClF2N5O2/c21-16-5-3-4-15(12-16)13-24-7-10-27-11-8-25-18(19(27)29)26-14-20(22,23)17-6-1-2-9-28(17)30/h1-6,8-9,11-12,24H,7,10,13-14H2,(H,25,26). The molecule has 3 rings (SSSR count). The number of alkyl halides is 2. The minimum Gasteiger partial charge on any atom is -0.618 e. The summed E-state index contributed by atoms with van der Waals surface area (Å²) < 4.78 is 30.1. The zero-order chi connectivity index (χ0) is 21.6. The predicted octanol–water partition coefficient (Wildman–Crippen LogP) is 2.52. The topological polar surface area (TPSA) is 85.9 Å². The van der Waals surface area contributed by atoms with Crippen molar-refractivity contribution in [3.63, 3.8) is 0 Å². The van der Waals surface area contributed by atoms with Gasteiger partial charge in [-0.1, -0.05) is 23.7 Å². The minimum absolute atomic E-state index is 0.101. The molecule has 0 bridgehead atoms. The molecule has 0 fully saturated rings. The number of hydrogen-bond acceptors (Lipinski definition) is 5. The van der Waals surface area contributed by atoms with E-state index in [1.807, 2.05) is 18.2 Å². The van der Waals surface area contributed by atoms with Gasteiger partial charge in [0.1, 0.15) is 0 Å². The second kappa shape index (κ2) is 9.64. The maximum atomic E-state index is 14.3. The zero-order valence-electron chi connectivity index (χ0n) is 15.9. The summed E-state index contributed by atoms with van der Waals surface area (Å²) >= 11 is 5.94. The van der Waals surface area contributed by atoms with Gasteiger partial charge in [-0.3, -0.25) is 4.79 Å². The first-order chi connectivity index (χ1) is 14.4. The van der Waals surface area contributed by atoms with Crippen LogP contribution in [0.4, 0.5) is 14.6 Å². The van der Waals surface area contributed by atoms with E-state index in [1.54, 1.807) is 6.07 Å². The number of rotatable bonds is 9. The van der Waals surface area contributed by atoms with Crippen LogP contribution in [0.25, 0.3) is 0 Å².